The third kappa shape index (κ3) is 32.1. The van der Waals surface area contributed by atoms with Crippen molar-refractivity contribution in [3.05, 3.63) is 168 Å². The van der Waals surface area contributed by atoms with Gasteiger partial charge < -0.3 is 49.4 Å². The molecular formula is C85H80IN13O38S3. The van der Waals surface area contributed by atoms with E-state index in [4.69, 9.17) is 19.1 Å². The molecule has 1 aromatic heterocycles. The number of imide groups is 9. The van der Waals surface area contributed by atoms with Crippen molar-refractivity contribution < 1.29 is 181 Å². The van der Waals surface area contributed by atoms with E-state index in [1.165, 1.54) is 93.2 Å². The van der Waals surface area contributed by atoms with E-state index >= 15 is 0 Å². The van der Waals surface area contributed by atoms with Crippen LogP contribution < -0.4 is 10.6 Å². The number of amides is 21. The Labute approximate surface area is 811 Å². The average molecular weight is 2110 g/mol. The molecule has 738 valence electrons. The molecule has 1 atom stereocenters. The summed E-state index contributed by atoms with van der Waals surface area (Å²) < 4.78 is 31.1. The van der Waals surface area contributed by atoms with Gasteiger partial charge in [-0.2, -0.15) is 8.42 Å². The van der Waals surface area contributed by atoms with Gasteiger partial charge in [0.05, 0.1) is 36.1 Å². The molecular weight excluding hydrogens is 2030 g/mol. The standard InChI is InChI=1S/C17H14N2O5.C14H14N2O8S.C14H14N2O5.C12H12N2O6.C12H12N2O4S2.C10H8N2O6.C6H6INO4/c1-11-2-7-14(20)18(11)10-12-3-5-13(6-4-12)17(23)24-19-15(21)8-9-16(19)22;1-2-11(17)15-9-5-3-8(4-6-9)14(20)24-16-12(18)7-10(13(16)19)25(21,22)23;1-2-11(17)15-10-5-3-9(4-6-10)14(20)21-16-12(18)7-8-13(16)19;15-8-3-4-9(16)13(8)7-1-2-12(19)20-14-10(17)5-6-11(14)18;15-10-4-5-11(16)14(10)18-12(17)6-8-19-20-9-3-1-2-7-13-9;13-6-1-2-7(14)11(6)5-10(17)18-12-8(15)3-4-9(12)16;7-3-6(11)12-8-4(9)1-2-5(8)10/h2-7H,1,8-10H2;3-6,10H,2,7H2,1H3,(H,15,17)(H,21,22,23);3-6H,2,7-8H2,1H3,(H,15,17);3-4H,1-2,5-7H2;1-3,7H,4-6,8H2;1-2H,3-5H2;1-3H2. The Morgan fingerprint density at radius 2 is 0.750 bits per heavy atom. The maximum absolute atomic E-state index is 12.0. The van der Waals surface area contributed by atoms with Crippen molar-refractivity contribution >= 4 is 232 Å². The highest BCUT2D eigenvalue weighted by atomic mass is 127. The van der Waals surface area contributed by atoms with Crippen molar-refractivity contribution in [3.63, 3.8) is 0 Å². The first-order chi connectivity index (χ1) is 66.4. The molecule has 1 unspecified atom stereocenters. The SMILES string of the molecule is C=C1C=CC(=O)N1Cc1ccc(C(=O)ON2C(=O)CCC2=O)cc1.CCC(=O)Nc1ccc(C(=O)ON2C(=O)CC(S(=O)(=O)O)C2=O)cc1.CCC(=O)Nc1ccc(C(=O)ON2C(=O)CCC2=O)cc1.O=C(CCCN1C(=O)C=CC1=O)ON1C(=O)CCC1=O.O=C(CCSSc1ccccn1)ON1C(=O)CCC1=O.O=C(CI)ON1C(=O)CCC1=O.O=C(CN1C(=O)C=CC1=O)ON1C(=O)CCC1=O. The Bertz CT molecular complexity index is 5780. The van der Waals surface area contributed by atoms with Crippen molar-refractivity contribution in [1.82, 2.24) is 55.1 Å². The fourth-order valence-electron chi connectivity index (χ4n) is 11.7. The summed E-state index contributed by atoms with van der Waals surface area (Å²) in [5.74, 6) is -16.4. The lowest BCUT2D eigenvalue weighted by Gasteiger charge is -2.17. The number of anilines is 2. The summed E-state index contributed by atoms with van der Waals surface area (Å²) in [6, 6.07) is 23.3. The van der Waals surface area contributed by atoms with Crippen molar-refractivity contribution in [2.45, 2.75) is 146 Å². The molecule has 14 rings (SSSR count). The molecule has 0 saturated carbocycles. The van der Waals surface area contributed by atoms with Gasteiger partial charge in [0.15, 0.2) is 5.25 Å². The van der Waals surface area contributed by atoms with E-state index in [0.29, 0.717) is 71.1 Å². The Morgan fingerprint density at radius 1 is 0.414 bits per heavy atom. The number of carbonyl (C=O) groups is 28. The van der Waals surface area contributed by atoms with Crippen molar-refractivity contribution in [1.29, 1.82) is 0 Å². The van der Waals surface area contributed by atoms with E-state index in [1.54, 1.807) is 60.8 Å². The third-order valence-corrected chi connectivity index (χ3v) is 22.9. The number of benzene rings is 3. The van der Waals surface area contributed by atoms with Gasteiger partial charge in [-0.1, -0.05) is 72.0 Å². The number of carbonyl (C=O) groups excluding carboxylic acids is 28. The molecule has 7 fully saturated rings. The molecule has 4 aromatic rings. The summed E-state index contributed by atoms with van der Waals surface area (Å²) in [5.41, 5.74) is 2.74. The Morgan fingerprint density at radius 3 is 1.09 bits per heavy atom. The molecule has 0 bridgehead atoms. The molecule has 3 aromatic carbocycles. The van der Waals surface area contributed by atoms with Crippen LogP contribution in [0.3, 0.4) is 0 Å². The fourth-order valence-corrected chi connectivity index (χ4v) is 14.4. The quantitative estimate of drug-likeness (QED) is 0.0175. The Hall–Kier alpha value is -15.9. The first-order valence-corrected chi connectivity index (χ1v) is 46.6. The molecule has 10 aliphatic heterocycles. The van der Waals surface area contributed by atoms with Crippen molar-refractivity contribution in [3.8, 4) is 0 Å². The zero-order valence-corrected chi connectivity index (χ0v) is 77.9. The van der Waals surface area contributed by atoms with Crippen molar-refractivity contribution in [2.75, 3.05) is 33.9 Å². The molecule has 7 saturated heterocycles. The molecule has 21 amide bonds. The lowest BCUT2D eigenvalue weighted by molar-refractivity contribution is -0.198. The van der Waals surface area contributed by atoms with Crippen LogP contribution in [0.25, 0.3) is 0 Å². The minimum Gasteiger partial charge on any atom is -0.330 e. The predicted molar refractivity (Wildman–Crippen MR) is 472 cm³/mol. The number of nitrogens with one attached hydrogen (secondary N) is 2. The molecule has 140 heavy (non-hydrogen) atoms. The number of pyridine rings is 1. The number of alkyl halides is 1. The summed E-state index contributed by atoms with van der Waals surface area (Å²) >= 11 is 1.79. The molecule has 11 heterocycles. The van der Waals surface area contributed by atoms with Gasteiger partial charge in [-0.05, 0) is 102 Å². The van der Waals surface area contributed by atoms with Crippen molar-refractivity contribution in [2.24, 2.45) is 0 Å². The molecule has 0 spiro atoms. The van der Waals surface area contributed by atoms with E-state index in [-0.39, 0.29) is 153 Å². The maximum Gasteiger partial charge on any atom is 0.363 e. The molecule has 0 aliphatic carbocycles. The second-order valence-corrected chi connectivity index (χ2v) is 33.7. The summed E-state index contributed by atoms with van der Waals surface area (Å²) in [6.07, 6.45) is 9.87. The smallest absolute Gasteiger partial charge is 0.330 e. The number of aromatic nitrogens is 1. The summed E-state index contributed by atoms with van der Waals surface area (Å²) in [5, 5.41) is 7.04. The van der Waals surface area contributed by atoms with E-state index in [9.17, 15) is 143 Å². The number of hydrogen-bond acceptors (Lipinski definition) is 40. The molecule has 51 nitrogen and oxygen atoms in total. The van der Waals surface area contributed by atoms with Crippen LogP contribution in [0.1, 0.15) is 166 Å². The molecule has 10 aliphatic rings. The number of hydroxylamine groups is 14. The second-order valence-electron chi connectivity index (χ2n) is 28.9. The lowest BCUT2D eigenvalue weighted by atomic mass is 10.1. The zero-order valence-electron chi connectivity index (χ0n) is 73.3. The van der Waals surface area contributed by atoms with Gasteiger partial charge in [0.1, 0.15) is 16.0 Å². The summed E-state index contributed by atoms with van der Waals surface area (Å²) in [6.45, 7) is 6.96. The number of hydrogen-bond donors (Lipinski definition) is 3. The summed E-state index contributed by atoms with van der Waals surface area (Å²) in [4.78, 5) is 357. The second kappa shape index (κ2) is 51.8. The van der Waals surface area contributed by atoms with E-state index in [2.05, 4.69) is 41.5 Å². The first kappa shape index (κ1) is 109. The highest BCUT2D eigenvalue weighted by Crippen LogP contribution is 2.31. The van der Waals surface area contributed by atoms with Crippen LogP contribution in [0.5, 0.6) is 0 Å². The highest BCUT2D eigenvalue weighted by molar-refractivity contribution is 14.1. The predicted octanol–water partition coefficient (Wildman–Crippen LogP) is 2.36. The minimum absolute atomic E-state index is 0.0186. The van der Waals surface area contributed by atoms with E-state index < -0.39 is 176 Å². The number of allylic oxidation sites excluding steroid dienone is 1. The van der Waals surface area contributed by atoms with Gasteiger partial charge >= 0.3 is 41.8 Å². The topological polar surface area (TPSA) is 666 Å². The monoisotopic (exact) mass is 2110 g/mol. The molecule has 0 radical (unpaired) electrons. The van der Waals surface area contributed by atoms with Crippen LogP contribution >= 0.6 is 44.2 Å². The van der Waals surface area contributed by atoms with E-state index in [1.807, 2.05) is 18.2 Å². The normalized spacial score (nSPS) is 16.8. The zero-order chi connectivity index (χ0) is 103. The third-order valence-electron chi connectivity index (χ3n) is 18.9. The van der Waals surface area contributed by atoms with Crippen LogP contribution in [-0.2, 0) is 170 Å². The number of rotatable bonds is 29. The van der Waals surface area contributed by atoms with Gasteiger partial charge in [0, 0.05) is 162 Å². The van der Waals surface area contributed by atoms with Gasteiger partial charge in [0.2, 0.25) is 11.8 Å². The fraction of sp³-hybridized carbons (Fsp3) is 0.306. The lowest BCUT2D eigenvalue weighted by Crippen LogP contribution is -2.40. The van der Waals surface area contributed by atoms with Gasteiger partial charge in [-0.3, -0.25) is 115 Å². The van der Waals surface area contributed by atoms with Gasteiger partial charge in [0.25, 0.3) is 122 Å². The minimum atomic E-state index is -4.78. The maximum atomic E-state index is 12.0. The highest BCUT2D eigenvalue weighted by Gasteiger charge is 2.49. The number of halogens is 1. The van der Waals surface area contributed by atoms with Crippen LogP contribution in [0, 0.1) is 0 Å². The average Bonchev–Trinajstić information content (AvgIpc) is 1.64. The Balaban J connectivity index is 0.000000202. The van der Waals surface area contributed by atoms with Crippen LogP contribution in [-0.4, -0.2) is 262 Å². The summed E-state index contributed by atoms with van der Waals surface area (Å²) in [7, 11) is -1.87. The van der Waals surface area contributed by atoms with Gasteiger partial charge in [-0.25, -0.2) is 38.5 Å². The largest absolute Gasteiger partial charge is 0.363 e. The van der Waals surface area contributed by atoms with Crippen LogP contribution in [0.15, 0.2) is 151 Å². The number of nitrogens with zero attached hydrogens (tertiary/aromatic N) is 11. The van der Waals surface area contributed by atoms with Gasteiger partial charge in [-0.15, -0.1) is 35.4 Å². The molecule has 3 N–H and O–H groups in total. The van der Waals surface area contributed by atoms with E-state index in [0.717, 1.165) is 39.8 Å². The first-order valence-electron chi connectivity index (χ1n) is 41.3. The Kier molecular flexibility index (Phi) is 40.5. The molecule has 55 heteroatoms. The van der Waals surface area contributed by atoms with Crippen LogP contribution in [0.2, 0.25) is 0 Å². The van der Waals surface area contributed by atoms with Crippen LogP contribution in [0.4, 0.5) is 11.4 Å².